The molecule has 0 radical (unpaired) electrons. The fraction of sp³-hybridized carbons (Fsp3) is 0.304. The first kappa shape index (κ1) is 21.3. The van der Waals surface area contributed by atoms with Crippen molar-refractivity contribution < 1.29 is 22.4 Å². The van der Waals surface area contributed by atoms with Gasteiger partial charge in [0.05, 0.1) is 23.6 Å². The number of hydrogen-bond acceptors (Lipinski definition) is 6. The second-order valence-electron chi connectivity index (χ2n) is 7.35. The molecule has 0 unspecified atom stereocenters. The smallest absolute Gasteiger partial charge is 0.309 e. The third-order valence-corrected chi connectivity index (χ3v) is 7.29. The maximum atomic E-state index is 13.0. The third kappa shape index (κ3) is 4.55. The summed E-state index contributed by atoms with van der Waals surface area (Å²) in [6.07, 6.45) is 2.59. The second-order valence-corrected chi connectivity index (χ2v) is 9.29. The SMILES string of the molecule is CCOC(=O)C1CCN(S(=O)(=O)c2ccc(-c3ncc(-c4ccccc4)o3)cc2)CC1. The number of hydrogen-bond donors (Lipinski definition) is 0. The molecule has 7 nitrogen and oxygen atoms in total. The molecule has 31 heavy (non-hydrogen) atoms. The Bertz CT molecular complexity index is 1130. The van der Waals surface area contributed by atoms with E-state index >= 15 is 0 Å². The summed E-state index contributed by atoms with van der Waals surface area (Å²) in [6, 6.07) is 16.2. The van der Waals surface area contributed by atoms with Gasteiger partial charge in [-0.1, -0.05) is 30.3 Å². The summed E-state index contributed by atoms with van der Waals surface area (Å²) in [6.45, 7) is 2.70. The molecule has 0 bridgehead atoms. The highest BCUT2D eigenvalue weighted by molar-refractivity contribution is 7.89. The molecule has 8 heteroatoms. The van der Waals surface area contributed by atoms with Gasteiger partial charge in [-0.3, -0.25) is 4.79 Å². The standard InChI is InChI=1S/C23H24N2O5S/c1-2-29-23(26)19-12-14-25(15-13-19)31(27,28)20-10-8-18(9-11-20)22-24-16-21(30-22)17-6-4-3-5-7-17/h3-11,16,19H,2,12-15H2,1H3. The van der Waals surface area contributed by atoms with E-state index < -0.39 is 10.0 Å². The van der Waals surface area contributed by atoms with Crippen LogP contribution in [0.5, 0.6) is 0 Å². The lowest BCUT2D eigenvalue weighted by molar-refractivity contribution is -0.149. The Morgan fingerprint density at radius 2 is 1.74 bits per heavy atom. The summed E-state index contributed by atoms with van der Waals surface area (Å²) in [4.78, 5) is 16.4. The van der Waals surface area contributed by atoms with Gasteiger partial charge in [0.1, 0.15) is 0 Å². The Morgan fingerprint density at radius 3 is 2.39 bits per heavy atom. The van der Waals surface area contributed by atoms with Crippen LogP contribution in [0.3, 0.4) is 0 Å². The maximum absolute atomic E-state index is 13.0. The summed E-state index contributed by atoms with van der Waals surface area (Å²) in [5.74, 6) is 0.595. The highest BCUT2D eigenvalue weighted by Crippen LogP contribution is 2.28. The zero-order valence-corrected chi connectivity index (χ0v) is 18.0. The first-order chi connectivity index (χ1) is 15.0. The quantitative estimate of drug-likeness (QED) is 0.539. The average molecular weight is 441 g/mol. The molecule has 2 aromatic carbocycles. The van der Waals surface area contributed by atoms with Crippen molar-refractivity contribution in [2.24, 2.45) is 5.92 Å². The van der Waals surface area contributed by atoms with Gasteiger partial charge in [-0.15, -0.1) is 0 Å². The van der Waals surface area contributed by atoms with Crippen molar-refractivity contribution in [3.63, 3.8) is 0 Å². The van der Waals surface area contributed by atoms with Crippen molar-refractivity contribution in [1.82, 2.24) is 9.29 Å². The number of esters is 1. The summed E-state index contributed by atoms with van der Waals surface area (Å²) >= 11 is 0. The van der Waals surface area contributed by atoms with Gasteiger partial charge in [-0.2, -0.15) is 4.31 Å². The van der Waals surface area contributed by atoms with Crippen LogP contribution in [0, 0.1) is 5.92 Å². The van der Waals surface area contributed by atoms with Gasteiger partial charge in [-0.25, -0.2) is 13.4 Å². The molecule has 0 atom stereocenters. The molecule has 1 aliphatic heterocycles. The molecule has 2 heterocycles. The van der Waals surface area contributed by atoms with Gasteiger partial charge in [0.15, 0.2) is 5.76 Å². The van der Waals surface area contributed by atoms with Crippen molar-refractivity contribution in [1.29, 1.82) is 0 Å². The first-order valence-corrected chi connectivity index (χ1v) is 11.7. The number of benzene rings is 2. The minimum atomic E-state index is -3.63. The number of carbonyl (C=O) groups is 1. The molecule has 1 aromatic heterocycles. The molecule has 4 rings (SSSR count). The van der Waals surface area contributed by atoms with Gasteiger partial charge in [0.25, 0.3) is 0 Å². The van der Waals surface area contributed by atoms with E-state index in [1.54, 1.807) is 37.4 Å². The Labute approximate surface area is 181 Å². The van der Waals surface area contributed by atoms with Crippen molar-refractivity contribution in [2.45, 2.75) is 24.7 Å². The highest BCUT2D eigenvalue weighted by Gasteiger charge is 2.32. The van der Waals surface area contributed by atoms with E-state index in [-0.39, 0.29) is 16.8 Å². The van der Waals surface area contributed by atoms with Crippen molar-refractivity contribution in [3.05, 3.63) is 60.8 Å². The molecule has 0 spiro atoms. The lowest BCUT2D eigenvalue weighted by atomic mass is 9.98. The number of rotatable bonds is 6. The minimum Gasteiger partial charge on any atom is -0.466 e. The van der Waals surface area contributed by atoms with Crippen LogP contribution < -0.4 is 0 Å². The number of sulfonamides is 1. The zero-order chi connectivity index (χ0) is 21.8. The Balaban J connectivity index is 1.46. The molecule has 1 saturated heterocycles. The maximum Gasteiger partial charge on any atom is 0.309 e. The lowest BCUT2D eigenvalue weighted by Crippen LogP contribution is -2.40. The molecule has 0 saturated carbocycles. The number of piperidine rings is 1. The van der Waals surface area contributed by atoms with Crippen LogP contribution >= 0.6 is 0 Å². The topological polar surface area (TPSA) is 89.7 Å². The molecule has 162 valence electrons. The predicted molar refractivity (Wildman–Crippen MR) is 115 cm³/mol. The Kier molecular flexibility index (Phi) is 6.20. The van der Waals surface area contributed by atoms with E-state index in [9.17, 15) is 13.2 Å². The van der Waals surface area contributed by atoms with Crippen LogP contribution in [0.15, 0.2) is 70.1 Å². The fourth-order valence-electron chi connectivity index (χ4n) is 3.65. The van der Waals surface area contributed by atoms with Crippen LogP contribution in [-0.2, 0) is 19.6 Å². The molecule has 1 aliphatic rings. The van der Waals surface area contributed by atoms with Crippen molar-refractivity contribution in [2.75, 3.05) is 19.7 Å². The van der Waals surface area contributed by atoms with Gasteiger partial charge in [0.2, 0.25) is 15.9 Å². The average Bonchev–Trinajstić information content (AvgIpc) is 3.30. The van der Waals surface area contributed by atoms with Crippen LogP contribution in [0.4, 0.5) is 0 Å². The van der Waals surface area contributed by atoms with Crippen LogP contribution in [0.2, 0.25) is 0 Å². The normalized spacial score (nSPS) is 15.6. The molecule has 1 fully saturated rings. The van der Waals surface area contributed by atoms with Crippen molar-refractivity contribution >= 4 is 16.0 Å². The molecule has 0 amide bonds. The second kappa shape index (κ2) is 9.03. The molecule has 0 N–H and O–H groups in total. The zero-order valence-electron chi connectivity index (χ0n) is 17.2. The van der Waals surface area contributed by atoms with E-state index in [0.717, 1.165) is 5.56 Å². The van der Waals surface area contributed by atoms with Gasteiger partial charge in [-0.05, 0) is 44.0 Å². The summed E-state index contributed by atoms with van der Waals surface area (Å²) in [5.41, 5.74) is 1.62. The number of carbonyl (C=O) groups excluding carboxylic acids is 1. The molecule has 0 aliphatic carbocycles. The first-order valence-electron chi connectivity index (χ1n) is 10.3. The lowest BCUT2D eigenvalue weighted by Gasteiger charge is -2.30. The Morgan fingerprint density at radius 1 is 1.06 bits per heavy atom. The van der Waals surface area contributed by atoms with Crippen LogP contribution in [0.1, 0.15) is 19.8 Å². The van der Waals surface area contributed by atoms with Gasteiger partial charge >= 0.3 is 5.97 Å². The van der Waals surface area contributed by atoms with Crippen LogP contribution in [-0.4, -0.2) is 43.4 Å². The van der Waals surface area contributed by atoms with Crippen molar-refractivity contribution in [3.8, 4) is 22.8 Å². The predicted octanol–water partition coefficient (Wildman–Crippen LogP) is 3.97. The van der Waals surface area contributed by atoms with E-state index in [2.05, 4.69) is 4.98 Å². The third-order valence-electron chi connectivity index (χ3n) is 5.38. The summed E-state index contributed by atoms with van der Waals surface area (Å²) in [7, 11) is -3.63. The summed E-state index contributed by atoms with van der Waals surface area (Å²) < 4.78 is 38.3. The summed E-state index contributed by atoms with van der Waals surface area (Å²) in [5, 5.41) is 0. The van der Waals surface area contributed by atoms with Gasteiger partial charge < -0.3 is 9.15 Å². The fourth-order valence-corrected chi connectivity index (χ4v) is 5.12. The van der Waals surface area contributed by atoms with E-state index in [0.29, 0.717) is 49.8 Å². The van der Waals surface area contributed by atoms with Crippen LogP contribution in [0.25, 0.3) is 22.8 Å². The van der Waals surface area contributed by atoms with Gasteiger partial charge in [0, 0.05) is 24.2 Å². The molecular weight excluding hydrogens is 416 g/mol. The molecule has 3 aromatic rings. The van der Waals surface area contributed by atoms with E-state index in [1.165, 1.54) is 4.31 Å². The van der Waals surface area contributed by atoms with E-state index in [1.807, 2.05) is 30.3 Å². The number of ether oxygens (including phenoxy) is 1. The van der Waals surface area contributed by atoms with E-state index in [4.69, 9.17) is 9.15 Å². The minimum absolute atomic E-state index is 0.209. The Hall–Kier alpha value is -2.97. The monoisotopic (exact) mass is 440 g/mol. The number of aromatic nitrogens is 1. The number of nitrogens with zero attached hydrogens (tertiary/aromatic N) is 2. The largest absolute Gasteiger partial charge is 0.466 e. The highest BCUT2D eigenvalue weighted by atomic mass is 32.2. The molecular formula is C23H24N2O5S. The number of oxazole rings is 1.